The smallest absolute Gasteiger partial charge is 0.0595 e. The summed E-state index contributed by atoms with van der Waals surface area (Å²) < 4.78 is 0.949. The zero-order chi connectivity index (χ0) is 14.0. The van der Waals surface area contributed by atoms with E-state index in [9.17, 15) is 0 Å². The van der Waals surface area contributed by atoms with E-state index in [1.807, 2.05) is 37.4 Å². The van der Waals surface area contributed by atoms with E-state index in [2.05, 4.69) is 21.2 Å². The van der Waals surface area contributed by atoms with Crippen molar-refractivity contribution in [2.45, 2.75) is 6.04 Å². The lowest BCUT2D eigenvalue weighted by Gasteiger charge is -2.19. The van der Waals surface area contributed by atoms with Crippen LogP contribution in [0.15, 0.2) is 40.9 Å². The molecule has 0 bridgehead atoms. The summed E-state index contributed by atoms with van der Waals surface area (Å²) >= 11 is 21.7. The first kappa shape index (κ1) is 15.1. The Bertz CT molecular complexity index is 601. The highest BCUT2D eigenvalue weighted by Crippen LogP contribution is 2.33. The van der Waals surface area contributed by atoms with Crippen LogP contribution in [0.5, 0.6) is 0 Å². The Labute approximate surface area is 136 Å². The number of benzene rings is 2. The van der Waals surface area contributed by atoms with Gasteiger partial charge in [-0.25, -0.2) is 0 Å². The monoisotopic (exact) mass is 377 g/mol. The van der Waals surface area contributed by atoms with Crippen LogP contribution in [0.25, 0.3) is 0 Å². The van der Waals surface area contributed by atoms with Crippen LogP contribution in [0.3, 0.4) is 0 Å². The van der Waals surface area contributed by atoms with Gasteiger partial charge in [-0.05, 0) is 42.4 Å². The molecule has 0 aromatic heterocycles. The molecule has 5 heteroatoms. The summed E-state index contributed by atoms with van der Waals surface area (Å²) in [5, 5.41) is 5.01. The van der Waals surface area contributed by atoms with Crippen molar-refractivity contribution in [1.82, 2.24) is 5.32 Å². The van der Waals surface area contributed by atoms with E-state index in [0.717, 1.165) is 15.6 Å². The second-order valence-corrected chi connectivity index (χ2v) is 6.20. The molecule has 1 N–H and O–H groups in total. The Morgan fingerprint density at radius 2 is 1.68 bits per heavy atom. The predicted molar refractivity (Wildman–Crippen MR) is 86.5 cm³/mol. The summed E-state index contributed by atoms with van der Waals surface area (Å²) in [5.74, 6) is 0. The summed E-state index contributed by atoms with van der Waals surface area (Å²) in [4.78, 5) is 0. The molecule has 0 amide bonds. The molecule has 2 rings (SSSR count). The third-order valence-corrected chi connectivity index (χ3v) is 4.40. The maximum atomic E-state index is 6.29. The molecule has 0 saturated carbocycles. The van der Waals surface area contributed by atoms with Crippen molar-refractivity contribution in [1.29, 1.82) is 0 Å². The summed E-state index contributed by atoms with van der Waals surface area (Å²) in [6.45, 7) is 0. The second kappa shape index (κ2) is 6.47. The van der Waals surface area contributed by atoms with Crippen molar-refractivity contribution in [2.75, 3.05) is 7.05 Å². The Kier molecular flexibility index (Phi) is 5.15. The van der Waals surface area contributed by atoms with Crippen molar-refractivity contribution in [3.05, 3.63) is 67.1 Å². The molecule has 2 aromatic carbocycles. The van der Waals surface area contributed by atoms with Gasteiger partial charge in [-0.3, -0.25) is 0 Å². The lowest BCUT2D eigenvalue weighted by atomic mass is 9.99. The standard InChI is InChI=1S/C14H11BrCl3N/c1-19-14(8-2-5-11(16)13(18)6-8)10-4-3-9(15)7-12(10)17/h2-7,14,19H,1H3. The molecule has 1 unspecified atom stereocenters. The Balaban J connectivity index is 2.46. The van der Waals surface area contributed by atoms with Crippen LogP contribution >= 0.6 is 50.7 Å². The largest absolute Gasteiger partial charge is 0.309 e. The lowest BCUT2D eigenvalue weighted by molar-refractivity contribution is 0.692. The summed E-state index contributed by atoms with van der Waals surface area (Å²) in [7, 11) is 1.88. The van der Waals surface area contributed by atoms with Crippen LogP contribution in [-0.2, 0) is 0 Å². The van der Waals surface area contributed by atoms with Crippen molar-refractivity contribution in [3.8, 4) is 0 Å². The number of rotatable bonds is 3. The molecule has 1 atom stereocenters. The first-order valence-corrected chi connectivity index (χ1v) is 7.52. The Hall–Kier alpha value is -0.250. The SMILES string of the molecule is CNC(c1ccc(Cl)c(Cl)c1)c1ccc(Br)cc1Cl. The highest BCUT2D eigenvalue weighted by Gasteiger charge is 2.16. The average molecular weight is 380 g/mol. The average Bonchev–Trinajstić information content (AvgIpc) is 2.37. The van der Waals surface area contributed by atoms with Gasteiger partial charge in [0.05, 0.1) is 16.1 Å². The maximum absolute atomic E-state index is 6.29. The number of nitrogens with one attached hydrogen (secondary N) is 1. The van der Waals surface area contributed by atoms with Crippen molar-refractivity contribution >= 4 is 50.7 Å². The zero-order valence-electron chi connectivity index (χ0n) is 10.1. The second-order valence-electron chi connectivity index (χ2n) is 4.06. The van der Waals surface area contributed by atoms with Gasteiger partial charge < -0.3 is 5.32 Å². The van der Waals surface area contributed by atoms with Gasteiger partial charge in [0.15, 0.2) is 0 Å². The molecule has 100 valence electrons. The van der Waals surface area contributed by atoms with Crippen LogP contribution in [0.2, 0.25) is 15.1 Å². The van der Waals surface area contributed by atoms with Gasteiger partial charge in [-0.15, -0.1) is 0 Å². The zero-order valence-corrected chi connectivity index (χ0v) is 13.9. The molecular weight excluding hydrogens is 368 g/mol. The Morgan fingerprint density at radius 1 is 0.947 bits per heavy atom. The van der Waals surface area contributed by atoms with Crippen LogP contribution in [0.1, 0.15) is 17.2 Å². The van der Waals surface area contributed by atoms with Crippen molar-refractivity contribution < 1.29 is 0 Å². The molecule has 0 fully saturated rings. The van der Waals surface area contributed by atoms with Gasteiger partial charge in [0.1, 0.15) is 0 Å². The van der Waals surface area contributed by atoms with Gasteiger partial charge in [-0.1, -0.05) is 62.9 Å². The van der Waals surface area contributed by atoms with Gasteiger partial charge in [0.2, 0.25) is 0 Å². The molecule has 0 spiro atoms. The van der Waals surface area contributed by atoms with Crippen LogP contribution in [0, 0.1) is 0 Å². The topological polar surface area (TPSA) is 12.0 Å². The normalized spacial score (nSPS) is 12.5. The first-order valence-electron chi connectivity index (χ1n) is 5.60. The van der Waals surface area contributed by atoms with E-state index in [-0.39, 0.29) is 6.04 Å². The molecule has 0 heterocycles. The maximum Gasteiger partial charge on any atom is 0.0595 e. The molecule has 1 nitrogen and oxygen atoms in total. The van der Waals surface area contributed by atoms with E-state index in [1.54, 1.807) is 6.07 Å². The Morgan fingerprint density at radius 3 is 2.26 bits per heavy atom. The molecule has 0 radical (unpaired) electrons. The van der Waals surface area contributed by atoms with Crippen LogP contribution < -0.4 is 5.32 Å². The van der Waals surface area contributed by atoms with E-state index < -0.39 is 0 Å². The minimum absolute atomic E-state index is 0.0321. The fourth-order valence-electron chi connectivity index (χ4n) is 1.93. The first-order chi connectivity index (χ1) is 9.02. The highest BCUT2D eigenvalue weighted by atomic mass is 79.9. The van der Waals surface area contributed by atoms with E-state index in [0.29, 0.717) is 15.1 Å². The fraction of sp³-hybridized carbons (Fsp3) is 0.143. The molecule has 0 saturated heterocycles. The molecule has 0 aliphatic heterocycles. The lowest BCUT2D eigenvalue weighted by Crippen LogP contribution is -2.18. The van der Waals surface area contributed by atoms with Crippen molar-refractivity contribution in [3.63, 3.8) is 0 Å². The molecule has 19 heavy (non-hydrogen) atoms. The quantitative estimate of drug-likeness (QED) is 0.719. The molecule has 2 aromatic rings. The third kappa shape index (κ3) is 3.45. The minimum atomic E-state index is -0.0321. The number of halogens is 4. The number of hydrogen-bond acceptors (Lipinski definition) is 1. The van der Waals surface area contributed by atoms with E-state index in [4.69, 9.17) is 34.8 Å². The van der Waals surface area contributed by atoms with E-state index >= 15 is 0 Å². The minimum Gasteiger partial charge on any atom is -0.309 e. The molecule has 0 aliphatic carbocycles. The highest BCUT2D eigenvalue weighted by molar-refractivity contribution is 9.10. The fourth-order valence-corrected chi connectivity index (χ4v) is 3.02. The number of hydrogen-bond donors (Lipinski definition) is 1. The third-order valence-electron chi connectivity index (χ3n) is 2.84. The summed E-state index contributed by atoms with van der Waals surface area (Å²) in [5.41, 5.74) is 2.01. The predicted octanol–water partition coefficient (Wildman–Crippen LogP) is 5.72. The van der Waals surface area contributed by atoms with Crippen molar-refractivity contribution in [2.24, 2.45) is 0 Å². The summed E-state index contributed by atoms with van der Waals surface area (Å²) in [6.07, 6.45) is 0. The van der Waals surface area contributed by atoms with Gasteiger partial charge in [-0.2, -0.15) is 0 Å². The van der Waals surface area contributed by atoms with Crippen LogP contribution in [-0.4, -0.2) is 7.05 Å². The van der Waals surface area contributed by atoms with Gasteiger partial charge >= 0.3 is 0 Å². The van der Waals surface area contributed by atoms with Crippen LogP contribution in [0.4, 0.5) is 0 Å². The van der Waals surface area contributed by atoms with Gasteiger partial charge in [0.25, 0.3) is 0 Å². The molecule has 0 aliphatic rings. The van der Waals surface area contributed by atoms with E-state index in [1.165, 1.54) is 0 Å². The van der Waals surface area contributed by atoms with Gasteiger partial charge in [0, 0.05) is 9.50 Å². The summed E-state index contributed by atoms with van der Waals surface area (Å²) in [6, 6.07) is 11.4. The molecular formula is C14H11BrCl3N.